The lowest BCUT2D eigenvalue weighted by Gasteiger charge is -2.30. The Morgan fingerprint density at radius 1 is 0.909 bits per heavy atom. The summed E-state index contributed by atoms with van der Waals surface area (Å²) in [5.74, 6) is 0. The molecule has 1 aromatic heterocycles. The maximum atomic E-state index is 6.21. The van der Waals surface area contributed by atoms with E-state index >= 15 is 0 Å². The Morgan fingerprint density at radius 2 is 1.64 bits per heavy atom. The molecule has 1 aliphatic rings. The van der Waals surface area contributed by atoms with E-state index in [1.165, 1.54) is 0 Å². The number of hydrogen-bond acceptors (Lipinski definition) is 3. The van der Waals surface area contributed by atoms with Crippen molar-refractivity contribution in [3.63, 3.8) is 0 Å². The van der Waals surface area contributed by atoms with Crippen molar-refractivity contribution in [3.05, 3.63) is 42.5 Å². The second kappa shape index (κ2) is 4.72. The number of halogens is 1. The van der Waals surface area contributed by atoms with Crippen LogP contribution in [0.15, 0.2) is 46.9 Å². The van der Waals surface area contributed by atoms with E-state index in [0.29, 0.717) is 0 Å². The van der Waals surface area contributed by atoms with Crippen LogP contribution < -0.4 is 5.46 Å². The molecular formula is C17H16BIO3. The first-order chi connectivity index (χ1) is 10.4. The van der Waals surface area contributed by atoms with E-state index in [2.05, 4.69) is 55.5 Å². The molecule has 1 atom stereocenters. The summed E-state index contributed by atoms with van der Waals surface area (Å²) in [5, 5.41) is 2.17. The zero-order valence-corrected chi connectivity index (χ0v) is 14.9. The molecule has 0 saturated carbocycles. The first-order valence-corrected chi connectivity index (χ1v) is 8.42. The quantitative estimate of drug-likeness (QED) is 0.344. The molecule has 112 valence electrons. The zero-order chi connectivity index (χ0) is 15.5. The van der Waals surface area contributed by atoms with Crippen molar-refractivity contribution >= 4 is 57.1 Å². The average molecular weight is 406 g/mol. The van der Waals surface area contributed by atoms with Crippen molar-refractivity contribution in [2.24, 2.45) is 0 Å². The summed E-state index contributed by atoms with van der Waals surface area (Å²) in [6.45, 7) is 6.18. The fraction of sp³-hybridized carbons (Fsp3) is 0.294. The van der Waals surface area contributed by atoms with E-state index in [4.69, 9.17) is 13.7 Å². The van der Waals surface area contributed by atoms with Gasteiger partial charge < -0.3 is 13.7 Å². The molecular weight excluding hydrogens is 390 g/mol. The first-order valence-electron chi connectivity index (χ1n) is 7.34. The summed E-state index contributed by atoms with van der Waals surface area (Å²) in [5.41, 5.74) is 2.42. The number of fused-ring (bicyclic) bond motifs is 3. The molecule has 3 nitrogen and oxygen atoms in total. The number of benzene rings is 2. The van der Waals surface area contributed by atoms with Crippen molar-refractivity contribution in [2.45, 2.75) is 30.0 Å². The third kappa shape index (κ3) is 2.02. The molecule has 0 N–H and O–H groups in total. The zero-order valence-electron chi connectivity index (χ0n) is 12.7. The van der Waals surface area contributed by atoms with Crippen LogP contribution in [0.4, 0.5) is 0 Å². The van der Waals surface area contributed by atoms with E-state index in [-0.39, 0.29) is 16.3 Å². The van der Waals surface area contributed by atoms with Crippen LogP contribution in [-0.4, -0.2) is 16.3 Å². The lowest BCUT2D eigenvalue weighted by Crippen LogP contribution is -2.38. The molecule has 4 rings (SSSR count). The Balaban J connectivity index is 1.93. The van der Waals surface area contributed by atoms with E-state index in [0.717, 1.165) is 27.4 Å². The van der Waals surface area contributed by atoms with Gasteiger partial charge in [0.25, 0.3) is 0 Å². The number of para-hydroxylation sites is 1. The van der Waals surface area contributed by atoms with Gasteiger partial charge in [-0.1, -0.05) is 30.3 Å². The van der Waals surface area contributed by atoms with Crippen LogP contribution in [-0.2, 0) is 9.31 Å². The van der Waals surface area contributed by atoms with Crippen LogP contribution in [0.5, 0.6) is 0 Å². The molecule has 3 aromatic rings. The van der Waals surface area contributed by atoms with Crippen LogP contribution in [0.3, 0.4) is 0 Å². The Morgan fingerprint density at radius 3 is 2.36 bits per heavy atom. The molecule has 0 spiro atoms. The summed E-state index contributed by atoms with van der Waals surface area (Å²) in [6.07, 6.45) is 0. The number of alkyl halides is 1. The van der Waals surface area contributed by atoms with E-state index < -0.39 is 0 Å². The molecule has 1 unspecified atom stereocenters. The summed E-state index contributed by atoms with van der Waals surface area (Å²) >= 11 is 2.32. The Bertz CT molecular complexity index is 853. The van der Waals surface area contributed by atoms with Gasteiger partial charge in [-0.3, -0.25) is 0 Å². The van der Waals surface area contributed by atoms with E-state index in [9.17, 15) is 0 Å². The van der Waals surface area contributed by atoms with Gasteiger partial charge in [0.2, 0.25) is 0 Å². The molecule has 2 heterocycles. The lowest BCUT2D eigenvalue weighted by atomic mass is 9.76. The van der Waals surface area contributed by atoms with Gasteiger partial charge in [0.05, 0.1) is 5.60 Å². The molecule has 0 aliphatic carbocycles. The Labute approximate surface area is 143 Å². The van der Waals surface area contributed by atoms with Gasteiger partial charge in [0, 0.05) is 10.8 Å². The highest BCUT2D eigenvalue weighted by Gasteiger charge is 2.53. The fourth-order valence-electron chi connectivity index (χ4n) is 2.87. The highest BCUT2D eigenvalue weighted by molar-refractivity contribution is 14.1. The minimum absolute atomic E-state index is 0.361. The van der Waals surface area contributed by atoms with E-state index in [1.54, 1.807) is 0 Å². The molecule has 22 heavy (non-hydrogen) atoms. The molecule has 2 aromatic carbocycles. The fourth-order valence-corrected chi connectivity index (χ4v) is 3.22. The minimum atomic E-state index is -0.387. The predicted molar refractivity (Wildman–Crippen MR) is 97.8 cm³/mol. The minimum Gasteiger partial charge on any atom is -0.456 e. The SMILES string of the molecule is CC1(C)OB(c2cccc3oc4ccccc4c23)OC1(C)I. The number of hydrogen-bond donors (Lipinski definition) is 0. The van der Waals surface area contributed by atoms with Crippen molar-refractivity contribution in [2.75, 3.05) is 0 Å². The van der Waals surface area contributed by atoms with Crippen molar-refractivity contribution in [1.29, 1.82) is 0 Å². The largest absolute Gasteiger partial charge is 0.496 e. The Hall–Kier alpha value is -1.05. The molecule has 5 heteroatoms. The van der Waals surface area contributed by atoms with E-state index in [1.807, 2.05) is 30.3 Å². The third-order valence-electron chi connectivity index (χ3n) is 4.49. The normalized spacial score (nSPS) is 24.5. The molecule has 0 bridgehead atoms. The van der Waals surface area contributed by atoms with Gasteiger partial charge in [-0.2, -0.15) is 0 Å². The van der Waals surface area contributed by atoms with Gasteiger partial charge >= 0.3 is 7.12 Å². The summed E-state index contributed by atoms with van der Waals surface area (Å²) in [6, 6.07) is 14.1. The van der Waals surface area contributed by atoms with Crippen molar-refractivity contribution in [1.82, 2.24) is 0 Å². The third-order valence-corrected chi connectivity index (χ3v) is 6.05. The molecule has 1 saturated heterocycles. The Kier molecular flexibility index (Phi) is 3.12. The second-order valence-electron chi connectivity index (χ2n) is 6.31. The van der Waals surface area contributed by atoms with Crippen LogP contribution in [0.1, 0.15) is 20.8 Å². The maximum absolute atomic E-state index is 6.21. The number of furan rings is 1. The number of rotatable bonds is 1. The van der Waals surface area contributed by atoms with Crippen LogP contribution in [0, 0.1) is 0 Å². The summed E-state index contributed by atoms with van der Waals surface area (Å²) < 4.78 is 18.0. The average Bonchev–Trinajstić information content (AvgIpc) is 2.93. The standard InChI is InChI=1S/C17H16BIO3/c1-16(2)17(3,19)22-18(21-16)12-8-6-10-14-15(12)11-7-4-5-9-13(11)20-14/h4-10H,1-3H3. The molecule has 1 aliphatic heterocycles. The van der Waals surface area contributed by atoms with Gasteiger partial charge in [0.15, 0.2) is 0 Å². The predicted octanol–water partition coefficient (Wildman–Crippen LogP) is 4.26. The van der Waals surface area contributed by atoms with Gasteiger partial charge in [-0.25, -0.2) is 0 Å². The summed E-state index contributed by atoms with van der Waals surface area (Å²) in [7, 11) is -0.387. The van der Waals surface area contributed by atoms with Gasteiger partial charge in [-0.05, 0) is 61.0 Å². The molecule has 0 radical (unpaired) electrons. The van der Waals surface area contributed by atoms with Crippen molar-refractivity contribution in [3.8, 4) is 0 Å². The van der Waals surface area contributed by atoms with Crippen LogP contribution in [0.25, 0.3) is 21.9 Å². The van der Waals surface area contributed by atoms with Crippen LogP contribution in [0.2, 0.25) is 0 Å². The van der Waals surface area contributed by atoms with Crippen LogP contribution >= 0.6 is 22.6 Å². The smallest absolute Gasteiger partial charge is 0.456 e. The first kappa shape index (κ1) is 14.5. The van der Waals surface area contributed by atoms with Gasteiger partial charge in [0.1, 0.15) is 14.8 Å². The second-order valence-corrected chi connectivity index (χ2v) is 8.37. The molecule has 0 amide bonds. The lowest BCUT2D eigenvalue weighted by molar-refractivity contribution is 0.0726. The highest BCUT2D eigenvalue weighted by Crippen LogP contribution is 2.42. The summed E-state index contributed by atoms with van der Waals surface area (Å²) in [4.78, 5) is 0. The monoisotopic (exact) mass is 406 g/mol. The highest BCUT2D eigenvalue weighted by atomic mass is 127. The topological polar surface area (TPSA) is 31.6 Å². The van der Waals surface area contributed by atoms with Gasteiger partial charge in [-0.15, -0.1) is 0 Å². The molecule has 1 fully saturated rings. The maximum Gasteiger partial charge on any atom is 0.496 e. The van der Waals surface area contributed by atoms with Crippen molar-refractivity contribution < 1.29 is 13.7 Å².